The summed E-state index contributed by atoms with van der Waals surface area (Å²) in [6.07, 6.45) is 0.895. The quantitative estimate of drug-likeness (QED) is 0.155. The zero-order chi connectivity index (χ0) is 43.4. The van der Waals surface area contributed by atoms with Crippen LogP contribution in [0.15, 0.2) is 218 Å². The van der Waals surface area contributed by atoms with E-state index in [1.54, 1.807) is 6.07 Å². The molecular formula is C60H43N3O2. The smallest absolute Gasteiger partial charge is 0.149 e. The molecule has 0 aliphatic carbocycles. The van der Waals surface area contributed by atoms with Crippen LogP contribution in [0.5, 0.6) is 17.2 Å². The number of fused-ring (bicyclic) bond motifs is 7. The highest BCUT2D eigenvalue weighted by Gasteiger charge is 2.36. The molecule has 1 aliphatic rings. The molecule has 5 nitrogen and oxygen atoms in total. The molecule has 10 aromatic carbocycles. The average molecular weight is 838 g/mol. The maximum atomic E-state index is 11.2. The molecule has 1 unspecified atom stereocenters. The van der Waals surface area contributed by atoms with Crippen LogP contribution < -0.4 is 9.64 Å². The second kappa shape index (κ2) is 15.7. The highest BCUT2D eigenvalue weighted by molar-refractivity contribution is 6.16. The number of phenolic OH excluding ortho intramolecular Hbond substituents is 1. The lowest BCUT2D eigenvalue weighted by Gasteiger charge is -2.30. The van der Waals surface area contributed by atoms with Crippen molar-refractivity contribution in [2.75, 3.05) is 4.90 Å². The van der Waals surface area contributed by atoms with Gasteiger partial charge < -0.3 is 14.7 Å². The summed E-state index contributed by atoms with van der Waals surface area (Å²) in [5, 5.41) is 18.8. The summed E-state index contributed by atoms with van der Waals surface area (Å²) in [5.41, 5.74) is 11.7. The van der Waals surface area contributed by atoms with Gasteiger partial charge in [-0.1, -0.05) is 152 Å². The van der Waals surface area contributed by atoms with Crippen LogP contribution >= 0.6 is 0 Å². The van der Waals surface area contributed by atoms with Crippen LogP contribution in [-0.4, -0.2) is 14.7 Å². The second-order valence-corrected chi connectivity index (χ2v) is 16.9. The maximum Gasteiger partial charge on any atom is 0.149 e. The first-order valence-electron chi connectivity index (χ1n) is 22.2. The van der Waals surface area contributed by atoms with Gasteiger partial charge in [0.05, 0.1) is 28.7 Å². The van der Waals surface area contributed by atoms with Crippen molar-refractivity contribution in [1.29, 1.82) is 0 Å². The van der Waals surface area contributed by atoms with E-state index in [9.17, 15) is 5.11 Å². The Morgan fingerprint density at radius 2 is 1.06 bits per heavy atom. The summed E-state index contributed by atoms with van der Waals surface area (Å²) in [4.78, 5) is 7.82. The SMILES string of the molecule is Cc1cc2ccccc2cc1C1Cc2c(c3ccccc3c3ccccc23)N1c1ccc(Oc2ccc(-n3c(-c4ccccc4O)nc(-c4ccccc4)c3-c3ccccc3)cc2)cc1. The number of rotatable bonds is 8. The molecule has 0 fully saturated rings. The van der Waals surface area contributed by atoms with Crippen molar-refractivity contribution in [2.45, 2.75) is 19.4 Å². The molecule has 0 saturated carbocycles. The normalized spacial score (nSPS) is 13.4. The van der Waals surface area contributed by atoms with Crippen molar-refractivity contribution in [3.63, 3.8) is 0 Å². The number of para-hydroxylation sites is 1. The van der Waals surface area contributed by atoms with E-state index < -0.39 is 0 Å². The van der Waals surface area contributed by atoms with E-state index in [1.165, 1.54) is 54.7 Å². The van der Waals surface area contributed by atoms with E-state index in [1.807, 2.05) is 66.7 Å². The van der Waals surface area contributed by atoms with Crippen molar-refractivity contribution in [1.82, 2.24) is 9.55 Å². The molecule has 0 spiro atoms. The molecule has 12 rings (SSSR count). The van der Waals surface area contributed by atoms with E-state index in [0.717, 1.165) is 46.1 Å². The predicted molar refractivity (Wildman–Crippen MR) is 267 cm³/mol. The van der Waals surface area contributed by atoms with Crippen LogP contribution in [0.3, 0.4) is 0 Å². The Kier molecular flexibility index (Phi) is 9.27. The molecule has 1 N–H and O–H groups in total. The van der Waals surface area contributed by atoms with Gasteiger partial charge in [-0.25, -0.2) is 4.98 Å². The molecule has 0 bridgehead atoms. The fraction of sp³-hybridized carbons (Fsp3) is 0.0500. The number of hydrogen-bond donors (Lipinski definition) is 1. The number of aryl methyl sites for hydroxylation is 1. The van der Waals surface area contributed by atoms with E-state index in [-0.39, 0.29) is 11.8 Å². The van der Waals surface area contributed by atoms with Gasteiger partial charge in [0.2, 0.25) is 0 Å². The van der Waals surface area contributed by atoms with Crippen molar-refractivity contribution < 1.29 is 9.84 Å². The van der Waals surface area contributed by atoms with Crippen molar-refractivity contribution in [3.8, 4) is 56.8 Å². The summed E-state index contributed by atoms with van der Waals surface area (Å²) in [5.74, 6) is 2.27. The minimum Gasteiger partial charge on any atom is -0.507 e. The van der Waals surface area contributed by atoms with Crippen molar-refractivity contribution >= 4 is 43.7 Å². The Balaban J connectivity index is 0.930. The molecular weight excluding hydrogens is 795 g/mol. The molecule has 65 heavy (non-hydrogen) atoms. The number of anilines is 2. The highest BCUT2D eigenvalue weighted by Crippen LogP contribution is 2.53. The van der Waals surface area contributed by atoms with Gasteiger partial charge >= 0.3 is 0 Å². The molecule has 1 aliphatic heterocycles. The van der Waals surface area contributed by atoms with Crippen LogP contribution in [0, 0.1) is 6.92 Å². The first-order chi connectivity index (χ1) is 32.1. The minimum absolute atomic E-state index is 0.0946. The maximum absolute atomic E-state index is 11.2. The van der Waals surface area contributed by atoms with Crippen LogP contribution in [0.2, 0.25) is 0 Å². The van der Waals surface area contributed by atoms with Gasteiger partial charge in [-0.05, 0) is 117 Å². The number of benzene rings is 10. The molecule has 2 heterocycles. The molecule has 310 valence electrons. The third-order valence-electron chi connectivity index (χ3n) is 13.0. The van der Waals surface area contributed by atoms with Gasteiger partial charge in [0.15, 0.2) is 0 Å². The van der Waals surface area contributed by atoms with E-state index in [0.29, 0.717) is 17.1 Å². The molecule has 1 aromatic heterocycles. The Morgan fingerprint density at radius 3 is 1.74 bits per heavy atom. The van der Waals surface area contributed by atoms with Crippen molar-refractivity contribution in [2.24, 2.45) is 0 Å². The van der Waals surface area contributed by atoms with E-state index in [2.05, 4.69) is 162 Å². The first-order valence-corrected chi connectivity index (χ1v) is 22.2. The number of ether oxygens (including phenoxy) is 1. The summed E-state index contributed by atoms with van der Waals surface area (Å²) in [6, 6.07) is 75.9. The fourth-order valence-corrected chi connectivity index (χ4v) is 10.1. The summed E-state index contributed by atoms with van der Waals surface area (Å²) in [7, 11) is 0. The Hall–Kier alpha value is -8.41. The van der Waals surface area contributed by atoms with Crippen LogP contribution in [0.4, 0.5) is 11.4 Å². The van der Waals surface area contributed by atoms with E-state index in [4.69, 9.17) is 9.72 Å². The minimum atomic E-state index is 0.0946. The Morgan fingerprint density at radius 1 is 0.523 bits per heavy atom. The van der Waals surface area contributed by atoms with Gasteiger partial charge in [0.1, 0.15) is 23.1 Å². The molecule has 0 amide bonds. The molecule has 5 heteroatoms. The number of imidazole rings is 1. The molecule has 11 aromatic rings. The van der Waals surface area contributed by atoms with Crippen LogP contribution in [-0.2, 0) is 6.42 Å². The van der Waals surface area contributed by atoms with Gasteiger partial charge in [0.25, 0.3) is 0 Å². The number of hydrogen-bond acceptors (Lipinski definition) is 4. The van der Waals surface area contributed by atoms with E-state index >= 15 is 0 Å². The van der Waals surface area contributed by atoms with Gasteiger partial charge in [0, 0.05) is 34.3 Å². The highest BCUT2D eigenvalue weighted by atomic mass is 16.5. The second-order valence-electron chi connectivity index (χ2n) is 16.9. The van der Waals surface area contributed by atoms with Crippen LogP contribution in [0.1, 0.15) is 22.7 Å². The molecule has 0 saturated heterocycles. The number of phenols is 1. The third-order valence-corrected chi connectivity index (χ3v) is 13.0. The lowest BCUT2D eigenvalue weighted by Crippen LogP contribution is -2.20. The third kappa shape index (κ3) is 6.59. The Labute approximate surface area is 377 Å². The lowest BCUT2D eigenvalue weighted by atomic mass is 9.92. The molecule has 1 atom stereocenters. The van der Waals surface area contributed by atoms with Gasteiger partial charge in [-0.15, -0.1) is 0 Å². The zero-order valence-electron chi connectivity index (χ0n) is 35.8. The summed E-state index contributed by atoms with van der Waals surface area (Å²) in [6.45, 7) is 2.26. The standard InChI is InChI=1S/C60H43N3O2/c1-39-36-42-20-8-9-21-43(42)37-53(39)55-38-54-50-24-11-10-22-48(50)49-23-12-13-25-51(49)59(54)62(55)44-28-32-46(33-29-44)65-47-34-30-45(31-35-47)63-58(41-18-6-3-7-19-41)57(40-16-4-2-5-17-40)61-60(63)52-26-14-15-27-56(52)64/h2-37,55,64H,38H2,1H3. The largest absolute Gasteiger partial charge is 0.507 e. The van der Waals surface area contributed by atoms with Gasteiger partial charge in [-0.2, -0.15) is 0 Å². The topological polar surface area (TPSA) is 50.5 Å². The predicted octanol–water partition coefficient (Wildman–Crippen LogP) is 15.6. The molecule has 0 radical (unpaired) electrons. The van der Waals surface area contributed by atoms with Crippen molar-refractivity contribution in [3.05, 3.63) is 235 Å². The zero-order valence-corrected chi connectivity index (χ0v) is 35.8. The Bertz CT molecular complexity index is 3560. The summed E-state index contributed by atoms with van der Waals surface area (Å²) < 4.78 is 8.74. The average Bonchev–Trinajstić information content (AvgIpc) is 3.96. The number of aromatic hydroxyl groups is 1. The lowest BCUT2D eigenvalue weighted by molar-refractivity contribution is 0.476. The number of nitrogens with zero attached hydrogens (tertiary/aromatic N) is 3. The van der Waals surface area contributed by atoms with Crippen LogP contribution in [0.25, 0.3) is 71.9 Å². The fourth-order valence-electron chi connectivity index (χ4n) is 10.1. The monoisotopic (exact) mass is 837 g/mol. The first kappa shape index (κ1) is 38.3. The number of aromatic nitrogens is 2. The summed E-state index contributed by atoms with van der Waals surface area (Å²) >= 11 is 0. The van der Waals surface area contributed by atoms with Gasteiger partial charge in [-0.3, -0.25) is 4.57 Å².